The third-order valence-corrected chi connectivity index (χ3v) is 14.5. The Labute approximate surface area is 501 Å². The van der Waals surface area contributed by atoms with Gasteiger partial charge in [-0.25, -0.2) is 28.1 Å². The Morgan fingerprint density at radius 1 is 0.381 bits per heavy atom. The second-order valence-corrected chi connectivity index (χ2v) is 21.8. The van der Waals surface area contributed by atoms with Crippen LogP contribution in [0.3, 0.4) is 0 Å². The van der Waals surface area contributed by atoms with E-state index in [2.05, 4.69) is 30.7 Å². The van der Waals surface area contributed by atoms with Crippen LogP contribution in [0.4, 0.5) is 51.2 Å². The van der Waals surface area contributed by atoms with Crippen molar-refractivity contribution < 1.29 is 30.6 Å². The first-order valence-electron chi connectivity index (χ1n) is 27.1. The van der Waals surface area contributed by atoms with E-state index in [1.807, 2.05) is 77.9 Å². The van der Waals surface area contributed by atoms with E-state index in [0.717, 1.165) is 33.4 Å². The van der Waals surface area contributed by atoms with Gasteiger partial charge in [-0.3, -0.25) is 0 Å². The number of aliphatic hydroxyl groups excluding tert-OH is 6. The fraction of sp³-hybridized carbons (Fsp3) is 0.350. The molecule has 0 aliphatic heterocycles. The lowest BCUT2D eigenvalue weighted by Crippen LogP contribution is -2.58. The highest BCUT2D eigenvalue weighted by molar-refractivity contribution is 6.31. The molecule has 1 heterocycles. The van der Waals surface area contributed by atoms with Crippen LogP contribution in [0, 0.1) is 41.5 Å². The zero-order chi connectivity index (χ0) is 60.8. The Kier molecular flexibility index (Phi) is 22.8. The quantitative estimate of drug-likeness (QED) is 0.0263. The Bertz CT molecular complexity index is 3190. The standard InChI is InChI=1S/C60H69Cl3N12O9/c1-37-25-49(26-38(2)55(37)67-64-46-13-7-43(61)8-14-46)70(19-22-76)31-52(79)34-73-58(82)74(35-53(80)32-71(20-23-77)50-27-39(3)56(40(4)28-50)68-65-47-15-9-44(62)10-16-47)60(84)75(59(73)83)36-54(81)33-72(21-24-78)51-29-41(5)57(42(6)30-51)69-66-48-17-11-45(63)12-18-48/h7-18,25-30,52-54,76-81H,19-24,31-36H2,1-6H3. The molecule has 3 unspecified atom stereocenters. The van der Waals surface area contributed by atoms with Gasteiger partial charge in [0.1, 0.15) is 0 Å². The van der Waals surface area contributed by atoms with E-state index in [1.165, 1.54) is 0 Å². The first-order chi connectivity index (χ1) is 40.2. The second kappa shape index (κ2) is 29.9. The van der Waals surface area contributed by atoms with Gasteiger partial charge in [0.2, 0.25) is 0 Å². The van der Waals surface area contributed by atoms with Crippen LogP contribution in [0.15, 0.2) is 154 Å². The number of aryl methyl sites for hydroxylation is 6. The van der Waals surface area contributed by atoms with Crippen LogP contribution in [-0.2, 0) is 19.6 Å². The zero-order valence-corrected chi connectivity index (χ0v) is 49.8. The first-order valence-corrected chi connectivity index (χ1v) is 28.2. The number of hydrogen-bond acceptors (Lipinski definition) is 18. The fourth-order valence-electron chi connectivity index (χ4n) is 9.73. The molecule has 24 heteroatoms. The number of anilines is 3. The van der Waals surface area contributed by atoms with Gasteiger partial charge in [-0.15, -0.1) is 0 Å². The fourth-order valence-corrected chi connectivity index (χ4v) is 10.1. The lowest BCUT2D eigenvalue weighted by Gasteiger charge is -2.29. The molecule has 7 rings (SSSR count). The van der Waals surface area contributed by atoms with Gasteiger partial charge in [0.25, 0.3) is 0 Å². The summed E-state index contributed by atoms with van der Waals surface area (Å²) >= 11 is 18.1. The third-order valence-electron chi connectivity index (χ3n) is 13.8. The van der Waals surface area contributed by atoms with E-state index in [1.54, 1.807) is 87.5 Å². The van der Waals surface area contributed by atoms with Gasteiger partial charge in [0, 0.05) is 71.4 Å². The Hall–Kier alpha value is -7.44. The van der Waals surface area contributed by atoms with E-state index in [4.69, 9.17) is 34.8 Å². The molecule has 0 spiro atoms. The minimum Gasteiger partial charge on any atom is -0.395 e. The Morgan fingerprint density at radius 2 is 0.595 bits per heavy atom. The summed E-state index contributed by atoms with van der Waals surface area (Å²) in [6.07, 6.45) is -4.41. The number of halogens is 3. The maximum atomic E-state index is 14.6. The van der Waals surface area contributed by atoms with Gasteiger partial charge >= 0.3 is 17.1 Å². The maximum absolute atomic E-state index is 14.6. The van der Waals surface area contributed by atoms with Crippen LogP contribution < -0.4 is 31.8 Å². The summed E-state index contributed by atoms with van der Waals surface area (Å²) in [5, 5.41) is 94.3. The van der Waals surface area contributed by atoms with Gasteiger partial charge < -0.3 is 45.3 Å². The minimum absolute atomic E-state index is 0.0395. The molecule has 0 bridgehead atoms. The molecular weight excluding hydrogens is 1140 g/mol. The minimum atomic E-state index is -1.47. The number of aromatic nitrogens is 3. The molecule has 0 radical (unpaired) electrons. The molecular formula is C60H69Cl3N12O9. The molecule has 3 atom stereocenters. The molecule has 6 aromatic carbocycles. The number of aliphatic hydroxyl groups is 6. The van der Waals surface area contributed by atoms with Crippen molar-refractivity contribution >= 4 is 86.0 Å². The van der Waals surface area contributed by atoms with Gasteiger partial charge in [0.15, 0.2) is 0 Å². The number of rotatable bonds is 27. The Balaban J connectivity index is 1.19. The summed E-state index contributed by atoms with van der Waals surface area (Å²) in [5.74, 6) is 0. The van der Waals surface area contributed by atoms with E-state index >= 15 is 0 Å². The van der Waals surface area contributed by atoms with Crippen molar-refractivity contribution in [2.75, 3.05) is 73.8 Å². The molecule has 0 amide bonds. The normalized spacial score (nSPS) is 12.9. The summed E-state index contributed by atoms with van der Waals surface area (Å²) < 4.78 is 2.05. The molecule has 7 aromatic rings. The highest BCUT2D eigenvalue weighted by atomic mass is 35.5. The zero-order valence-electron chi connectivity index (χ0n) is 47.5. The topological polar surface area (TPSA) is 271 Å². The van der Waals surface area contributed by atoms with Crippen molar-refractivity contribution in [2.45, 2.75) is 79.5 Å². The summed E-state index contributed by atoms with van der Waals surface area (Å²) in [4.78, 5) is 48.8. The molecule has 21 nitrogen and oxygen atoms in total. The molecule has 1 aromatic heterocycles. The highest BCUT2D eigenvalue weighted by Gasteiger charge is 2.26. The predicted molar refractivity (Wildman–Crippen MR) is 330 cm³/mol. The maximum Gasteiger partial charge on any atom is 0.336 e. The SMILES string of the molecule is Cc1cc(N(CCO)CC(O)Cn2c(=O)n(CC(O)CN(CCO)c3cc(C)c(N=Nc4ccc(Cl)cc4)c(C)c3)c(=O)n(CC(O)CN(CCO)c3cc(C)c(N=Nc4ccc(Cl)cc4)c(C)c3)c2=O)cc(C)c1N=Nc1ccc(Cl)cc1. The largest absolute Gasteiger partial charge is 0.395 e. The van der Waals surface area contributed by atoms with Crippen LogP contribution in [0.2, 0.25) is 15.1 Å². The number of hydrogen-bond donors (Lipinski definition) is 6. The van der Waals surface area contributed by atoms with Crippen molar-refractivity contribution in [3.8, 4) is 0 Å². The van der Waals surface area contributed by atoms with E-state index in [0.29, 0.717) is 80.0 Å². The van der Waals surface area contributed by atoms with E-state index < -0.39 is 55.0 Å². The van der Waals surface area contributed by atoms with Crippen molar-refractivity contribution in [3.63, 3.8) is 0 Å². The van der Waals surface area contributed by atoms with Crippen LogP contribution >= 0.6 is 34.8 Å². The third kappa shape index (κ3) is 16.9. The smallest absolute Gasteiger partial charge is 0.336 e. The number of nitrogens with zero attached hydrogens (tertiary/aromatic N) is 12. The molecule has 84 heavy (non-hydrogen) atoms. The summed E-state index contributed by atoms with van der Waals surface area (Å²) in [7, 11) is 0. The van der Waals surface area contributed by atoms with Crippen LogP contribution in [0.1, 0.15) is 33.4 Å². The average Bonchev–Trinajstić information content (AvgIpc) is 3.55. The molecule has 0 saturated heterocycles. The van der Waals surface area contributed by atoms with Crippen LogP contribution in [0.5, 0.6) is 0 Å². The summed E-state index contributed by atoms with van der Waals surface area (Å²) in [6.45, 7) is 7.64. The molecule has 0 aliphatic carbocycles. The number of benzene rings is 6. The van der Waals surface area contributed by atoms with Crippen molar-refractivity contribution in [1.82, 2.24) is 13.7 Å². The average molecular weight is 1210 g/mol. The Morgan fingerprint density at radius 3 is 0.798 bits per heavy atom. The lowest BCUT2D eigenvalue weighted by molar-refractivity contribution is 0.132. The second-order valence-electron chi connectivity index (χ2n) is 20.5. The predicted octanol–water partition coefficient (Wildman–Crippen LogP) is 9.81. The van der Waals surface area contributed by atoms with Gasteiger partial charge in [-0.05, 0) is 184 Å². The van der Waals surface area contributed by atoms with E-state index in [9.17, 15) is 45.0 Å². The molecule has 444 valence electrons. The monoisotopic (exact) mass is 1210 g/mol. The summed E-state index contributed by atoms with van der Waals surface area (Å²) in [6, 6.07) is 31.5. The van der Waals surface area contributed by atoms with Gasteiger partial charge in [0.05, 0.1) is 91.9 Å². The molecule has 6 N–H and O–H groups in total. The van der Waals surface area contributed by atoms with Gasteiger partial charge in [-0.2, -0.15) is 30.7 Å². The first kappa shape index (κ1) is 64.1. The molecule has 0 aliphatic rings. The van der Waals surface area contributed by atoms with Crippen LogP contribution in [-0.4, -0.2) is 122 Å². The van der Waals surface area contributed by atoms with Gasteiger partial charge in [-0.1, -0.05) is 34.8 Å². The van der Waals surface area contributed by atoms with Crippen molar-refractivity contribution in [2.24, 2.45) is 30.7 Å². The van der Waals surface area contributed by atoms with Crippen LogP contribution in [0.25, 0.3) is 0 Å². The van der Waals surface area contributed by atoms with E-state index in [-0.39, 0.29) is 59.1 Å². The molecule has 0 fully saturated rings. The van der Waals surface area contributed by atoms with Crippen molar-refractivity contribution in [3.05, 3.63) is 189 Å². The molecule has 0 saturated carbocycles. The lowest BCUT2D eigenvalue weighted by atomic mass is 10.1. The number of azo groups is 3. The highest BCUT2D eigenvalue weighted by Crippen LogP contribution is 2.35. The summed E-state index contributed by atoms with van der Waals surface area (Å²) in [5.41, 5.74) is 6.34. The van der Waals surface area contributed by atoms with Crippen molar-refractivity contribution in [1.29, 1.82) is 0 Å².